The summed E-state index contributed by atoms with van der Waals surface area (Å²) in [6, 6.07) is 11.0. The fraction of sp³-hybridized carbons (Fsp3) is 0.188. The van der Waals surface area contributed by atoms with Gasteiger partial charge in [0, 0.05) is 5.69 Å². The van der Waals surface area contributed by atoms with Gasteiger partial charge in [-0.3, -0.25) is 9.82 Å². The Morgan fingerprint density at radius 2 is 1.64 bits per heavy atom. The molecule has 0 radical (unpaired) electrons. The predicted molar refractivity (Wildman–Crippen MR) is 95.4 cm³/mol. The number of H-pyrrole nitrogens is 1. The summed E-state index contributed by atoms with van der Waals surface area (Å²) in [5.41, 5.74) is 2.85. The summed E-state index contributed by atoms with van der Waals surface area (Å²) in [7, 11) is -3.78. The Labute approximate surface area is 145 Å². The number of aromatic nitrogens is 4. The van der Waals surface area contributed by atoms with Crippen LogP contribution in [-0.2, 0) is 10.0 Å². The number of aromatic amines is 1. The maximum Gasteiger partial charge on any atom is 0.266 e. The highest BCUT2D eigenvalue weighted by molar-refractivity contribution is 7.92. The van der Waals surface area contributed by atoms with Crippen LogP contribution >= 0.6 is 0 Å². The Kier molecular flexibility index (Phi) is 4.41. The molecule has 0 saturated carbocycles. The standard InChI is InChI=1S/C16H18N6O2S/c1-10-6-4-5-7-13(10)17-14-8-9-15(21-20-14)22-25(23,24)16-11(2)18-19-12(16)3/h4-9H,1-3H3,(H,17,20)(H,18,19)(H,21,22). The van der Waals surface area contributed by atoms with E-state index in [4.69, 9.17) is 0 Å². The summed E-state index contributed by atoms with van der Waals surface area (Å²) >= 11 is 0. The number of hydrogen-bond acceptors (Lipinski definition) is 6. The molecule has 2 heterocycles. The van der Waals surface area contributed by atoms with Crippen LogP contribution in [0.3, 0.4) is 0 Å². The van der Waals surface area contributed by atoms with Gasteiger partial charge in [-0.1, -0.05) is 18.2 Å². The van der Waals surface area contributed by atoms with Crippen LogP contribution < -0.4 is 10.0 Å². The normalized spacial score (nSPS) is 11.3. The van der Waals surface area contributed by atoms with E-state index in [1.165, 1.54) is 0 Å². The number of anilines is 3. The van der Waals surface area contributed by atoms with E-state index in [1.807, 2.05) is 31.2 Å². The molecular formula is C16H18N6O2S. The minimum absolute atomic E-state index is 0.122. The number of nitrogens with one attached hydrogen (secondary N) is 3. The van der Waals surface area contributed by atoms with Crippen LogP contribution in [0.2, 0.25) is 0 Å². The lowest BCUT2D eigenvalue weighted by Crippen LogP contribution is -2.16. The summed E-state index contributed by atoms with van der Waals surface area (Å²) in [6.07, 6.45) is 0. The number of aryl methyl sites for hydroxylation is 3. The highest BCUT2D eigenvalue weighted by Crippen LogP contribution is 2.21. The average molecular weight is 358 g/mol. The van der Waals surface area contributed by atoms with Crippen molar-refractivity contribution in [1.82, 2.24) is 20.4 Å². The van der Waals surface area contributed by atoms with E-state index < -0.39 is 10.0 Å². The molecule has 2 aromatic heterocycles. The summed E-state index contributed by atoms with van der Waals surface area (Å²) in [6.45, 7) is 5.25. The van der Waals surface area contributed by atoms with Crippen molar-refractivity contribution < 1.29 is 8.42 Å². The van der Waals surface area contributed by atoms with E-state index in [0.29, 0.717) is 17.2 Å². The van der Waals surface area contributed by atoms with Gasteiger partial charge in [0.15, 0.2) is 11.6 Å². The van der Waals surface area contributed by atoms with Crippen molar-refractivity contribution in [3.05, 3.63) is 53.3 Å². The molecule has 0 saturated heterocycles. The van der Waals surface area contributed by atoms with Gasteiger partial charge in [-0.2, -0.15) is 5.10 Å². The molecule has 0 aliphatic rings. The topological polar surface area (TPSA) is 113 Å². The fourth-order valence-electron chi connectivity index (χ4n) is 2.43. The first-order chi connectivity index (χ1) is 11.9. The van der Waals surface area contributed by atoms with Crippen molar-refractivity contribution in [2.75, 3.05) is 10.0 Å². The van der Waals surface area contributed by atoms with Gasteiger partial charge < -0.3 is 5.32 Å². The van der Waals surface area contributed by atoms with Gasteiger partial charge in [0.25, 0.3) is 10.0 Å². The van der Waals surface area contributed by atoms with E-state index in [1.54, 1.807) is 26.0 Å². The third-order valence-corrected chi connectivity index (χ3v) is 5.26. The Morgan fingerprint density at radius 3 is 2.24 bits per heavy atom. The van der Waals surface area contributed by atoms with Gasteiger partial charge in [-0.15, -0.1) is 10.2 Å². The molecule has 1 aromatic carbocycles. The van der Waals surface area contributed by atoms with Crippen LogP contribution in [-0.4, -0.2) is 28.8 Å². The third-order valence-electron chi connectivity index (χ3n) is 3.64. The molecule has 0 atom stereocenters. The maximum absolute atomic E-state index is 12.5. The van der Waals surface area contributed by atoms with E-state index in [2.05, 4.69) is 30.4 Å². The van der Waals surface area contributed by atoms with Crippen LogP contribution in [0.15, 0.2) is 41.3 Å². The molecule has 0 spiro atoms. The molecule has 0 fully saturated rings. The number of benzene rings is 1. The van der Waals surface area contributed by atoms with E-state index in [-0.39, 0.29) is 10.7 Å². The molecule has 130 valence electrons. The van der Waals surface area contributed by atoms with E-state index in [9.17, 15) is 8.42 Å². The highest BCUT2D eigenvalue weighted by Gasteiger charge is 2.22. The average Bonchev–Trinajstić information content (AvgIpc) is 2.91. The monoisotopic (exact) mass is 358 g/mol. The SMILES string of the molecule is Cc1ccccc1Nc1ccc(NS(=O)(=O)c2c(C)n[nH]c2C)nn1. The molecule has 0 aliphatic heterocycles. The van der Waals surface area contributed by atoms with Crippen LogP contribution in [0.1, 0.15) is 17.0 Å². The largest absolute Gasteiger partial charge is 0.339 e. The number of sulfonamides is 1. The molecule has 9 heteroatoms. The molecular weight excluding hydrogens is 340 g/mol. The Bertz CT molecular complexity index is 976. The number of nitrogens with zero attached hydrogens (tertiary/aromatic N) is 3. The quantitative estimate of drug-likeness (QED) is 0.646. The van der Waals surface area contributed by atoms with Crippen molar-refractivity contribution in [2.24, 2.45) is 0 Å². The summed E-state index contributed by atoms with van der Waals surface area (Å²) in [5, 5.41) is 17.6. The van der Waals surface area contributed by atoms with Gasteiger partial charge in [-0.05, 0) is 44.5 Å². The van der Waals surface area contributed by atoms with Gasteiger partial charge in [-0.25, -0.2) is 8.42 Å². The Balaban J connectivity index is 1.78. The molecule has 3 aromatic rings. The van der Waals surface area contributed by atoms with E-state index >= 15 is 0 Å². The van der Waals surface area contributed by atoms with Gasteiger partial charge in [0.2, 0.25) is 0 Å². The van der Waals surface area contributed by atoms with Gasteiger partial charge >= 0.3 is 0 Å². The molecule has 25 heavy (non-hydrogen) atoms. The highest BCUT2D eigenvalue weighted by atomic mass is 32.2. The molecule has 3 rings (SSSR count). The zero-order valence-electron chi connectivity index (χ0n) is 14.0. The van der Waals surface area contributed by atoms with Gasteiger partial charge in [0.05, 0.1) is 11.4 Å². The summed E-state index contributed by atoms with van der Waals surface area (Å²) in [5.74, 6) is 0.656. The van der Waals surface area contributed by atoms with Crippen LogP contribution in [0.4, 0.5) is 17.3 Å². The van der Waals surface area contributed by atoms with Crippen LogP contribution in [0.5, 0.6) is 0 Å². The first-order valence-electron chi connectivity index (χ1n) is 7.57. The number of rotatable bonds is 5. The van der Waals surface area contributed by atoms with Gasteiger partial charge in [0.1, 0.15) is 4.90 Å². The minimum atomic E-state index is -3.78. The number of hydrogen-bond donors (Lipinski definition) is 3. The third kappa shape index (κ3) is 3.61. The molecule has 0 unspecified atom stereocenters. The lowest BCUT2D eigenvalue weighted by molar-refractivity contribution is 0.600. The summed E-state index contributed by atoms with van der Waals surface area (Å²) < 4.78 is 27.4. The van der Waals surface area contributed by atoms with Crippen molar-refractivity contribution in [1.29, 1.82) is 0 Å². The maximum atomic E-state index is 12.5. The van der Waals surface area contributed by atoms with Crippen LogP contribution in [0, 0.1) is 20.8 Å². The van der Waals surface area contributed by atoms with Crippen molar-refractivity contribution in [3.8, 4) is 0 Å². The Morgan fingerprint density at radius 1 is 0.960 bits per heavy atom. The molecule has 0 aliphatic carbocycles. The first kappa shape index (κ1) is 16.9. The number of para-hydroxylation sites is 1. The molecule has 0 amide bonds. The second-order valence-corrected chi connectivity index (χ2v) is 7.23. The van der Waals surface area contributed by atoms with Crippen molar-refractivity contribution in [3.63, 3.8) is 0 Å². The zero-order valence-corrected chi connectivity index (χ0v) is 14.8. The molecule has 8 nitrogen and oxygen atoms in total. The minimum Gasteiger partial charge on any atom is -0.339 e. The lowest BCUT2D eigenvalue weighted by atomic mass is 10.2. The van der Waals surface area contributed by atoms with Crippen molar-refractivity contribution in [2.45, 2.75) is 25.7 Å². The Hall–Kier alpha value is -2.94. The summed E-state index contributed by atoms with van der Waals surface area (Å²) in [4.78, 5) is 0.122. The second kappa shape index (κ2) is 6.52. The molecule has 3 N–H and O–H groups in total. The van der Waals surface area contributed by atoms with E-state index in [0.717, 1.165) is 11.3 Å². The second-order valence-electron chi connectivity index (χ2n) is 5.61. The zero-order chi connectivity index (χ0) is 18.0. The smallest absolute Gasteiger partial charge is 0.266 e. The van der Waals surface area contributed by atoms with Crippen molar-refractivity contribution >= 4 is 27.3 Å². The predicted octanol–water partition coefficient (Wildman–Crippen LogP) is 2.67. The molecule has 0 bridgehead atoms. The fourth-order valence-corrected chi connectivity index (χ4v) is 3.80. The first-order valence-corrected chi connectivity index (χ1v) is 9.06. The van der Waals surface area contributed by atoms with Crippen LogP contribution in [0.25, 0.3) is 0 Å². The lowest BCUT2D eigenvalue weighted by Gasteiger charge is -2.09.